The number of carbonyl (C=O) groups excluding carboxylic acids is 1. The predicted octanol–water partition coefficient (Wildman–Crippen LogP) is 4.95. The first-order chi connectivity index (χ1) is 15.1. The summed E-state index contributed by atoms with van der Waals surface area (Å²) in [5, 5.41) is 14.8. The molecule has 0 saturated carbocycles. The van der Waals surface area contributed by atoms with Crippen molar-refractivity contribution in [3.8, 4) is 17.0 Å². The highest BCUT2D eigenvalue weighted by Gasteiger charge is 2.31. The minimum absolute atomic E-state index is 0.0147. The summed E-state index contributed by atoms with van der Waals surface area (Å²) in [5.74, 6) is 0.0147. The molecule has 9 heteroatoms. The number of fused-ring (bicyclic) bond motifs is 1. The highest BCUT2D eigenvalue weighted by molar-refractivity contribution is 6.36. The monoisotopic (exact) mass is 457 g/mol. The van der Waals surface area contributed by atoms with Crippen LogP contribution in [0.3, 0.4) is 0 Å². The van der Waals surface area contributed by atoms with Crippen LogP contribution in [0.2, 0.25) is 5.02 Å². The Balaban J connectivity index is 1.55. The van der Waals surface area contributed by atoms with Crippen molar-refractivity contribution in [3.05, 3.63) is 35.2 Å². The third-order valence-electron chi connectivity index (χ3n) is 5.53. The number of hydrogen-bond acceptors (Lipinski definition) is 6. The fourth-order valence-corrected chi connectivity index (χ4v) is 4.21. The molecule has 3 heterocycles. The standard InChI is InChI=1S/C23H28ClN5O3/c1-14-9-17-20(19(24)21(14)30)27-18(11-25-17)15-10-26-28(12-15)13-16-7-5-6-8-29(16)22(31)32-23(2,3)4/h9-12,16,30H,5-8,13H2,1-4H3. The Bertz CT molecular complexity index is 1150. The van der Waals surface area contributed by atoms with Crippen molar-refractivity contribution in [3.63, 3.8) is 0 Å². The molecule has 2 aromatic heterocycles. The van der Waals surface area contributed by atoms with E-state index in [1.165, 1.54) is 0 Å². The molecule has 1 saturated heterocycles. The summed E-state index contributed by atoms with van der Waals surface area (Å²) in [4.78, 5) is 23.5. The normalized spacial score (nSPS) is 17.0. The van der Waals surface area contributed by atoms with E-state index in [0.717, 1.165) is 24.8 Å². The van der Waals surface area contributed by atoms with Crippen LogP contribution in [0.5, 0.6) is 5.75 Å². The number of likely N-dealkylation sites (tertiary alicyclic amines) is 1. The maximum absolute atomic E-state index is 12.7. The van der Waals surface area contributed by atoms with Crippen LogP contribution in [0.25, 0.3) is 22.3 Å². The summed E-state index contributed by atoms with van der Waals surface area (Å²) in [6.07, 6.45) is 7.94. The Hall–Kier alpha value is -2.87. The quantitative estimate of drug-likeness (QED) is 0.598. The molecule has 8 nitrogen and oxygen atoms in total. The van der Waals surface area contributed by atoms with E-state index < -0.39 is 5.60 Å². The van der Waals surface area contributed by atoms with Crippen molar-refractivity contribution in [1.82, 2.24) is 24.6 Å². The van der Waals surface area contributed by atoms with Crippen molar-refractivity contribution in [2.45, 2.75) is 65.1 Å². The molecule has 170 valence electrons. The molecule has 1 amide bonds. The summed E-state index contributed by atoms with van der Waals surface area (Å²) >= 11 is 6.29. The number of halogens is 1. The first-order valence-electron chi connectivity index (χ1n) is 10.8. The van der Waals surface area contributed by atoms with Crippen molar-refractivity contribution < 1.29 is 14.6 Å². The van der Waals surface area contributed by atoms with Gasteiger partial charge in [-0.15, -0.1) is 0 Å². The molecular formula is C23H28ClN5O3. The number of hydrogen-bond donors (Lipinski definition) is 1. The smallest absolute Gasteiger partial charge is 0.410 e. The third-order valence-corrected chi connectivity index (χ3v) is 5.88. The van der Waals surface area contributed by atoms with E-state index in [-0.39, 0.29) is 22.9 Å². The summed E-state index contributed by atoms with van der Waals surface area (Å²) in [7, 11) is 0. The van der Waals surface area contributed by atoms with Gasteiger partial charge in [-0.3, -0.25) is 9.67 Å². The molecule has 4 rings (SSSR count). The molecule has 1 aromatic carbocycles. The molecule has 1 fully saturated rings. The van der Waals surface area contributed by atoms with E-state index >= 15 is 0 Å². The molecule has 1 aliphatic rings. The molecule has 1 atom stereocenters. The zero-order chi connectivity index (χ0) is 23.0. The SMILES string of the molecule is Cc1cc2ncc(-c3cnn(CC4CCCCN4C(=O)OC(C)(C)C)c3)nc2c(Cl)c1O. The number of aromatic nitrogens is 4. The van der Waals surface area contributed by atoms with E-state index in [1.807, 2.05) is 36.5 Å². The van der Waals surface area contributed by atoms with Gasteiger partial charge in [0, 0.05) is 18.3 Å². The van der Waals surface area contributed by atoms with Gasteiger partial charge in [0.1, 0.15) is 21.9 Å². The second-order valence-corrected chi connectivity index (χ2v) is 9.63. The topological polar surface area (TPSA) is 93.4 Å². The Labute approximate surface area is 192 Å². The molecular weight excluding hydrogens is 430 g/mol. The summed E-state index contributed by atoms with van der Waals surface area (Å²) in [6.45, 7) is 8.66. The van der Waals surface area contributed by atoms with Gasteiger partial charge in [-0.2, -0.15) is 5.10 Å². The summed E-state index contributed by atoms with van der Waals surface area (Å²) < 4.78 is 7.42. The first-order valence-corrected chi connectivity index (χ1v) is 11.2. The fraction of sp³-hybridized carbons (Fsp3) is 0.478. The maximum Gasteiger partial charge on any atom is 0.410 e. The number of aromatic hydroxyl groups is 1. The van der Waals surface area contributed by atoms with E-state index in [1.54, 1.807) is 25.4 Å². The number of phenols is 1. The van der Waals surface area contributed by atoms with Crippen LogP contribution in [-0.4, -0.2) is 54.0 Å². The minimum Gasteiger partial charge on any atom is -0.506 e. The number of rotatable bonds is 3. The molecule has 3 aromatic rings. The van der Waals surface area contributed by atoms with Crippen LogP contribution in [0.1, 0.15) is 45.6 Å². The van der Waals surface area contributed by atoms with Gasteiger partial charge in [-0.1, -0.05) is 11.6 Å². The number of piperidine rings is 1. The summed E-state index contributed by atoms with van der Waals surface area (Å²) in [5.41, 5.74) is 2.59. The summed E-state index contributed by atoms with van der Waals surface area (Å²) in [6, 6.07) is 1.77. The maximum atomic E-state index is 12.7. The number of benzene rings is 1. The Morgan fingerprint density at radius 2 is 2.09 bits per heavy atom. The van der Waals surface area contributed by atoms with E-state index in [9.17, 15) is 9.90 Å². The lowest BCUT2D eigenvalue weighted by Crippen LogP contribution is -2.47. The predicted molar refractivity (Wildman–Crippen MR) is 123 cm³/mol. The molecule has 32 heavy (non-hydrogen) atoms. The van der Waals surface area contributed by atoms with Crippen molar-refractivity contribution in [2.24, 2.45) is 0 Å². The first kappa shape index (κ1) is 22.3. The number of nitrogens with zero attached hydrogens (tertiary/aromatic N) is 5. The Kier molecular flexibility index (Phi) is 5.99. The van der Waals surface area contributed by atoms with Crippen LogP contribution in [-0.2, 0) is 11.3 Å². The van der Waals surface area contributed by atoms with Gasteiger partial charge < -0.3 is 14.7 Å². The minimum atomic E-state index is -0.527. The average Bonchev–Trinajstić information content (AvgIpc) is 3.19. The molecule has 1 N–H and O–H groups in total. The number of ether oxygens (including phenoxy) is 1. The largest absolute Gasteiger partial charge is 0.506 e. The zero-order valence-electron chi connectivity index (χ0n) is 18.8. The van der Waals surface area contributed by atoms with Gasteiger partial charge in [0.15, 0.2) is 0 Å². The number of amides is 1. The van der Waals surface area contributed by atoms with Crippen LogP contribution in [0.15, 0.2) is 24.7 Å². The van der Waals surface area contributed by atoms with Crippen molar-refractivity contribution in [1.29, 1.82) is 0 Å². The molecule has 1 aliphatic heterocycles. The number of phenolic OH excluding ortho intramolecular Hbond substituents is 1. The van der Waals surface area contributed by atoms with Gasteiger partial charge in [0.25, 0.3) is 0 Å². The number of carbonyl (C=O) groups is 1. The molecule has 0 spiro atoms. The lowest BCUT2D eigenvalue weighted by atomic mass is 10.0. The zero-order valence-corrected chi connectivity index (χ0v) is 19.6. The van der Waals surface area contributed by atoms with Gasteiger partial charge in [-0.25, -0.2) is 9.78 Å². The Morgan fingerprint density at radius 1 is 1.31 bits per heavy atom. The molecule has 0 bridgehead atoms. The van der Waals surface area contributed by atoms with Crippen LogP contribution in [0.4, 0.5) is 4.79 Å². The van der Waals surface area contributed by atoms with E-state index in [2.05, 4.69) is 15.1 Å². The van der Waals surface area contributed by atoms with Gasteiger partial charge in [0.2, 0.25) is 0 Å². The molecule has 1 unspecified atom stereocenters. The number of aryl methyl sites for hydroxylation is 1. The van der Waals surface area contributed by atoms with Crippen LogP contribution >= 0.6 is 11.6 Å². The molecule has 0 aliphatic carbocycles. The lowest BCUT2D eigenvalue weighted by Gasteiger charge is -2.36. The second-order valence-electron chi connectivity index (χ2n) is 9.25. The van der Waals surface area contributed by atoms with E-state index in [0.29, 0.717) is 35.4 Å². The average molecular weight is 458 g/mol. The second kappa shape index (κ2) is 8.58. The van der Waals surface area contributed by atoms with Crippen LogP contribution in [0, 0.1) is 6.92 Å². The van der Waals surface area contributed by atoms with Crippen LogP contribution < -0.4 is 0 Å². The van der Waals surface area contributed by atoms with Gasteiger partial charge in [-0.05, 0) is 58.6 Å². The molecule has 0 radical (unpaired) electrons. The third kappa shape index (κ3) is 4.65. The van der Waals surface area contributed by atoms with Crippen molar-refractivity contribution in [2.75, 3.05) is 6.54 Å². The van der Waals surface area contributed by atoms with Gasteiger partial charge in [0.05, 0.1) is 36.2 Å². The highest BCUT2D eigenvalue weighted by atomic mass is 35.5. The van der Waals surface area contributed by atoms with E-state index in [4.69, 9.17) is 16.3 Å². The Morgan fingerprint density at radius 3 is 2.84 bits per heavy atom. The van der Waals surface area contributed by atoms with Gasteiger partial charge >= 0.3 is 6.09 Å². The highest BCUT2D eigenvalue weighted by Crippen LogP contribution is 2.34. The fourth-order valence-electron chi connectivity index (χ4n) is 3.93. The van der Waals surface area contributed by atoms with Crippen molar-refractivity contribution >= 4 is 28.7 Å². The lowest BCUT2D eigenvalue weighted by molar-refractivity contribution is 0.00740.